The van der Waals surface area contributed by atoms with Gasteiger partial charge in [0.15, 0.2) is 0 Å². The molecule has 1 saturated heterocycles. The number of hydrogen-bond donors (Lipinski definition) is 0. The second-order valence-corrected chi connectivity index (χ2v) is 4.93. The van der Waals surface area contributed by atoms with E-state index in [-0.39, 0.29) is 5.60 Å². The van der Waals surface area contributed by atoms with Crippen molar-refractivity contribution < 1.29 is 4.74 Å². The SMILES string of the molecule is CCCC(C)(C)C1(CC)CCCO1. The van der Waals surface area contributed by atoms with Crippen LogP contribution in [-0.2, 0) is 4.74 Å². The first kappa shape index (κ1) is 11.0. The first-order valence-corrected chi connectivity index (χ1v) is 5.72. The first-order valence-electron chi connectivity index (χ1n) is 5.72. The quantitative estimate of drug-likeness (QED) is 0.646. The third-order valence-corrected chi connectivity index (χ3v) is 3.78. The van der Waals surface area contributed by atoms with E-state index in [1.165, 1.54) is 32.1 Å². The molecule has 1 heteroatoms. The predicted octanol–water partition coefficient (Wildman–Crippen LogP) is 3.77. The molecule has 78 valence electrons. The maximum atomic E-state index is 6.01. The molecule has 1 aliphatic rings. The smallest absolute Gasteiger partial charge is 0.0731 e. The highest BCUT2D eigenvalue weighted by molar-refractivity contribution is 4.96. The van der Waals surface area contributed by atoms with Crippen LogP contribution in [0.4, 0.5) is 0 Å². The van der Waals surface area contributed by atoms with E-state index in [2.05, 4.69) is 27.7 Å². The van der Waals surface area contributed by atoms with Gasteiger partial charge in [-0.3, -0.25) is 0 Å². The van der Waals surface area contributed by atoms with Crippen LogP contribution in [0.5, 0.6) is 0 Å². The fourth-order valence-corrected chi connectivity index (χ4v) is 2.84. The summed E-state index contributed by atoms with van der Waals surface area (Å²) in [6.45, 7) is 10.2. The van der Waals surface area contributed by atoms with E-state index in [1.54, 1.807) is 0 Å². The van der Waals surface area contributed by atoms with Crippen molar-refractivity contribution in [1.82, 2.24) is 0 Å². The van der Waals surface area contributed by atoms with Gasteiger partial charge in [0.2, 0.25) is 0 Å². The lowest BCUT2D eigenvalue weighted by atomic mass is 9.69. The maximum absolute atomic E-state index is 6.01. The minimum atomic E-state index is 0.184. The summed E-state index contributed by atoms with van der Waals surface area (Å²) >= 11 is 0. The van der Waals surface area contributed by atoms with Gasteiger partial charge in [-0.2, -0.15) is 0 Å². The average Bonchev–Trinajstić information content (AvgIpc) is 2.53. The normalized spacial score (nSPS) is 29.5. The second kappa shape index (κ2) is 4.00. The zero-order chi connectivity index (χ0) is 9.95. The lowest BCUT2D eigenvalue weighted by molar-refractivity contribution is -0.0918. The summed E-state index contributed by atoms with van der Waals surface area (Å²) in [6, 6.07) is 0. The minimum absolute atomic E-state index is 0.184. The maximum Gasteiger partial charge on any atom is 0.0731 e. The van der Waals surface area contributed by atoms with Crippen LogP contribution in [0.1, 0.15) is 59.8 Å². The van der Waals surface area contributed by atoms with Crippen molar-refractivity contribution in [3.05, 3.63) is 0 Å². The molecule has 0 N–H and O–H groups in total. The molecule has 0 amide bonds. The predicted molar refractivity (Wildman–Crippen MR) is 56.9 cm³/mol. The van der Waals surface area contributed by atoms with Crippen molar-refractivity contribution in [3.8, 4) is 0 Å². The van der Waals surface area contributed by atoms with Gasteiger partial charge in [0.25, 0.3) is 0 Å². The third kappa shape index (κ3) is 1.90. The molecule has 0 aliphatic carbocycles. The monoisotopic (exact) mass is 184 g/mol. The molecular formula is C12H24O. The molecule has 1 unspecified atom stereocenters. The molecule has 0 bridgehead atoms. The van der Waals surface area contributed by atoms with Gasteiger partial charge in [0.1, 0.15) is 0 Å². The summed E-state index contributed by atoms with van der Waals surface area (Å²) in [4.78, 5) is 0. The Bertz CT molecular complexity index is 155. The van der Waals surface area contributed by atoms with Crippen molar-refractivity contribution in [2.24, 2.45) is 5.41 Å². The Morgan fingerprint density at radius 1 is 1.31 bits per heavy atom. The molecule has 13 heavy (non-hydrogen) atoms. The molecule has 1 fully saturated rings. The van der Waals surface area contributed by atoms with Crippen LogP contribution in [-0.4, -0.2) is 12.2 Å². The van der Waals surface area contributed by atoms with Crippen molar-refractivity contribution >= 4 is 0 Å². The zero-order valence-electron chi connectivity index (χ0n) is 9.65. The molecule has 0 aromatic rings. The van der Waals surface area contributed by atoms with Crippen LogP contribution in [0.2, 0.25) is 0 Å². The van der Waals surface area contributed by atoms with Crippen LogP contribution >= 0.6 is 0 Å². The molecule has 1 rings (SSSR count). The van der Waals surface area contributed by atoms with Gasteiger partial charge in [-0.25, -0.2) is 0 Å². The van der Waals surface area contributed by atoms with Crippen LogP contribution < -0.4 is 0 Å². The summed E-state index contributed by atoms with van der Waals surface area (Å²) in [5.74, 6) is 0. The Hall–Kier alpha value is -0.0400. The Balaban J connectivity index is 2.73. The standard InChI is InChI=1S/C12H24O/c1-5-8-11(3,4)12(6-2)9-7-10-13-12/h5-10H2,1-4H3. The third-order valence-electron chi connectivity index (χ3n) is 3.78. The second-order valence-electron chi connectivity index (χ2n) is 4.93. The van der Waals surface area contributed by atoms with E-state index in [9.17, 15) is 0 Å². The van der Waals surface area contributed by atoms with Crippen LogP contribution in [0, 0.1) is 5.41 Å². The summed E-state index contributed by atoms with van der Waals surface area (Å²) in [6.07, 6.45) is 6.22. The van der Waals surface area contributed by atoms with Gasteiger partial charge in [0.05, 0.1) is 5.60 Å². The molecule has 1 heterocycles. The lowest BCUT2D eigenvalue weighted by Gasteiger charge is -2.43. The van der Waals surface area contributed by atoms with E-state index < -0.39 is 0 Å². The number of rotatable bonds is 4. The van der Waals surface area contributed by atoms with Crippen molar-refractivity contribution in [2.45, 2.75) is 65.4 Å². The first-order chi connectivity index (χ1) is 6.08. The minimum Gasteiger partial charge on any atom is -0.374 e. The number of ether oxygens (including phenoxy) is 1. The molecule has 0 saturated carbocycles. The molecule has 0 aromatic heterocycles. The number of hydrogen-bond acceptors (Lipinski definition) is 1. The largest absolute Gasteiger partial charge is 0.374 e. The summed E-state index contributed by atoms with van der Waals surface area (Å²) in [5, 5.41) is 0. The molecule has 0 radical (unpaired) electrons. The van der Waals surface area contributed by atoms with Gasteiger partial charge >= 0.3 is 0 Å². The average molecular weight is 184 g/mol. The van der Waals surface area contributed by atoms with E-state index in [0.29, 0.717) is 5.41 Å². The summed E-state index contributed by atoms with van der Waals surface area (Å²) < 4.78 is 6.01. The van der Waals surface area contributed by atoms with Crippen molar-refractivity contribution in [3.63, 3.8) is 0 Å². The Morgan fingerprint density at radius 2 is 2.00 bits per heavy atom. The Morgan fingerprint density at radius 3 is 2.38 bits per heavy atom. The van der Waals surface area contributed by atoms with Crippen LogP contribution in [0.3, 0.4) is 0 Å². The van der Waals surface area contributed by atoms with E-state index in [0.717, 1.165) is 6.61 Å². The van der Waals surface area contributed by atoms with Gasteiger partial charge < -0.3 is 4.74 Å². The summed E-state index contributed by atoms with van der Waals surface area (Å²) in [5.41, 5.74) is 0.538. The highest BCUT2D eigenvalue weighted by atomic mass is 16.5. The topological polar surface area (TPSA) is 9.23 Å². The molecule has 0 spiro atoms. The van der Waals surface area contributed by atoms with E-state index in [1.807, 2.05) is 0 Å². The van der Waals surface area contributed by atoms with Gasteiger partial charge in [-0.1, -0.05) is 34.1 Å². The van der Waals surface area contributed by atoms with E-state index >= 15 is 0 Å². The molecule has 1 nitrogen and oxygen atoms in total. The molecular weight excluding hydrogens is 160 g/mol. The van der Waals surface area contributed by atoms with Crippen molar-refractivity contribution in [2.75, 3.05) is 6.61 Å². The lowest BCUT2D eigenvalue weighted by Crippen LogP contribution is -2.43. The van der Waals surface area contributed by atoms with Crippen LogP contribution in [0.25, 0.3) is 0 Å². The molecule has 1 atom stereocenters. The summed E-state index contributed by atoms with van der Waals surface area (Å²) in [7, 11) is 0. The molecule has 0 aromatic carbocycles. The van der Waals surface area contributed by atoms with Gasteiger partial charge in [0, 0.05) is 6.61 Å². The fourth-order valence-electron chi connectivity index (χ4n) is 2.84. The van der Waals surface area contributed by atoms with Gasteiger partial charge in [-0.15, -0.1) is 0 Å². The van der Waals surface area contributed by atoms with Gasteiger partial charge in [-0.05, 0) is 31.1 Å². The van der Waals surface area contributed by atoms with Crippen LogP contribution in [0.15, 0.2) is 0 Å². The highest BCUT2D eigenvalue weighted by Gasteiger charge is 2.45. The highest BCUT2D eigenvalue weighted by Crippen LogP contribution is 2.46. The Labute approximate surface area is 82.9 Å². The molecule has 1 aliphatic heterocycles. The van der Waals surface area contributed by atoms with Crippen molar-refractivity contribution in [1.29, 1.82) is 0 Å². The Kier molecular flexibility index (Phi) is 3.39. The fraction of sp³-hybridized carbons (Fsp3) is 1.00. The van der Waals surface area contributed by atoms with E-state index in [4.69, 9.17) is 4.74 Å². The zero-order valence-corrected chi connectivity index (χ0v) is 9.65.